The fraction of sp³-hybridized carbons (Fsp3) is 0.150. The Morgan fingerprint density at radius 2 is 1.65 bits per heavy atom. The summed E-state index contributed by atoms with van der Waals surface area (Å²) < 4.78 is 1.88. The van der Waals surface area contributed by atoms with Crippen molar-refractivity contribution in [2.75, 3.05) is 20.1 Å². The first-order valence-corrected chi connectivity index (χ1v) is 8.33. The van der Waals surface area contributed by atoms with Gasteiger partial charge in [0, 0.05) is 38.0 Å². The molecule has 0 atom stereocenters. The van der Waals surface area contributed by atoms with E-state index in [9.17, 15) is 14.4 Å². The summed E-state index contributed by atoms with van der Waals surface area (Å²) >= 11 is 0. The Morgan fingerprint density at radius 3 is 2.31 bits per heavy atom. The first-order valence-electron chi connectivity index (χ1n) is 8.33. The fourth-order valence-corrected chi connectivity index (χ4v) is 3.19. The van der Waals surface area contributed by atoms with Crippen LogP contribution in [0.4, 0.5) is 0 Å². The second kappa shape index (κ2) is 6.15. The lowest BCUT2D eigenvalue weighted by atomic mass is 10.1. The van der Waals surface area contributed by atoms with Crippen LogP contribution in [0, 0.1) is 0 Å². The van der Waals surface area contributed by atoms with Crippen molar-refractivity contribution in [3.8, 4) is 0 Å². The molecule has 6 heteroatoms. The van der Waals surface area contributed by atoms with Crippen molar-refractivity contribution in [3.63, 3.8) is 0 Å². The molecule has 2 aromatic heterocycles. The molecular weight excluding hydrogens is 330 g/mol. The molecule has 0 radical (unpaired) electrons. The summed E-state index contributed by atoms with van der Waals surface area (Å²) in [5, 5.41) is 0. The van der Waals surface area contributed by atoms with E-state index in [2.05, 4.69) is 0 Å². The highest BCUT2D eigenvalue weighted by molar-refractivity contribution is 6.21. The average molecular weight is 347 g/mol. The van der Waals surface area contributed by atoms with Crippen LogP contribution < -0.4 is 0 Å². The summed E-state index contributed by atoms with van der Waals surface area (Å²) in [4.78, 5) is 40.1. The summed E-state index contributed by atoms with van der Waals surface area (Å²) in [5.74, 6) is -0.757. The average Bonchev–Trinajstić information content (AvgIpc) is 3.20. The highest BCUT2D eigenvalue weighted by Crippen LogP contribution is 2.22. The molecule has 0 saturated carbocycles. The van der Waals surface area contributed by atoms with Crippen LogP contribution in [0.3, 0.4) is 0 Å². The number of nitrogens with zero attached hydrogens (tertiary/aromatic N) is 3. The topological polar surface area (TPSA) is 62.1 Å². The molecule has 0 bridgehead atoms. The highest BCUT2D eigenvalue weighted by Gasteiger charge is 2.35. The Kier molecular flexibility index (Phi) is 3.80. The molecular formula is C20H17N3O3. The van der Waals surface area contributed by atoms with E-state index in [0.29, 0.717) is 16.7 Å². The minimum atomic E-state index is -0.305. The highest BCUT2D eigenvalue weighted by atomic mass is 16.2. The minimum Gasteiger partial charge on any atom is -0.340 e. The quantitative estimate of drug-likeness (QED) is 0.681. The molecule has 1 aliphatic heterocycles. The van der Waals surface area contributed by atoms with Crippen molar-refractivity contribution in [1.29, 1.82) is 0 Å². The number of likely N-dealkylation sites (N-methyl/N-ethyl adjacent to an activating group) is 1. The number of pyridine rings is 1. The molecule has 0 unspecified atom stereocenters. The molecule has 3 amide bonds. The van der Waals surface area contributed by atoms with Crippen molar-refractivity contribution in [1.82, 2.24) is 14.2 Å². The van der Waals surface area contributed by atoms with Crippen molar-refractivity contribution < 1.29 is 14.4 Å². The van der Waals surface area contributed by atoms with Gasteiger partial charge in [-0.05, 0) is 30.3 Å². The van der Waals surface area contributed by atoms with Gasteiger partial charge in [0.25, 0.3) is 17.7 Å². The number of rotatable bonds is 4. The van der Waals surface area contributed by atoms with Crippen LogP contribution in [0.2, 0.25) is 0 Å². The van der Waals surface area contributed by atoms with Gasteiger partial charge in [0.05, 0.1) is 16.7 Å². The van der Waals surface area contributed by atoms with E-state index in [1.165, 1.54) is 9.80 Å². The van der Waals surface area contributed by atoms with Crippen LogP contribution in [0.5, 0.6) is 0 Å². The maximum atomic E-state index is 12.6. The van der Waals surface area contributed by atoms with E-state index in [0.717, 1.165) is 5.52 Å². The first kappa shape index (κ1) is 16.1. The van der Waals surface area contributed by atoms with Crippen LogP contribution >= 0.6 is 0 Å². The lowest BCUT2D eigenvalue weighted by Gasteiger charge is -2.20. The van der Waals surface area contributed by atoms with Crippen LogP contribution in [-0.2, 0) is 0 Å². The third-order valence-corrected chi connectivity index (χ3v) is 4.64. The van der Waals surface area contributed by atoms with Gasteiger partial charge in [0.1, 0.15) is 0 Å². The SMILES string of the molecule is CN(CCN1C(=O)c2ccccc2C1=O)C(=O)c1cc2ccccn2c1. The van der Waals surface area contributed by atoms with Crippen LogP contribution in [0.25, 0.3) is 5.52 Å². The van der Waals surface area contributed by atoms with Crippen molar-refractivity contribution in [2.45, 2.75) is 0 Å². The number of carbonyl (C=O) groups excluding carboxylic acids is 3. The summed E-state index contributed by atoms with van der Waals surface area (Å²) in [6, 6.07) is 14.3. The molecule has 0 spiro atoms. The maximum absolute atomic E-state index is 12.6. The molecule has 0 saturated heterocycles. The minimum absolute atomic E-state index is 0.148. The molecule has 4 rings (SSSR count). The third kappa shape index (κ3) is 2.56. The summed E-state index contributed by atoms with van der Waals surface area (Å²) in [7, 11) is 1.67. The van der Waals surface area contributed by atoms with Gasteiger partial charge in [-0.3, -0.25) is 19.3 Å². The molecule has 1 aromatic carbocycles. The number of imide groups is 1. The Hall–Kier alpha value is -3.41. The smallest absolute Gasteiger partial charge is 0.261 e. The molecule has 26 heavy (non-hydrogen) atoms. The molecule has 1 aliphatic rings. The number of hydrogen-bond acceptors (Lipinski definition) is 3. The lowest BCUT2D eigenvalue weighted by molar-refractivity contribution is 0.0614. The Balaban J connectivity index is 1.45. The predicted octanol–water partition coefficient (Wildman–Crippen LogP) is 2.31. The van der Waals surface area contributed by atoms with Gasteiger partial charge < -0.3 is 9.30 Å². The first-order chi connectivity index (χ1) is 12.6. The van der Waals surface area contributed by atoms with E-state index >= 15 is 0 Å². The number of carbonyl (C=O) groups is 3. The Labute approximate surface area is 150 Å². The van der Waals surface area contributed by atoms with Gasteiger partial charge in [0.15, 0.2) is 0 Å². The van der Waals surface area contributed by atoms with Crippen LogP contribution in [0.15, 0.2) is 60.9 Å². The normalized spacial score (nSPS) is 13.3. The van der Waals surface area contributed by atoms with Crippen LogP contribution in [-0.4, -0.2) is 52.1 Å². The number of aromatic nitrogens is 1. The summed E-state index contributed by atoms with van der Waals surface area (Å²) in [6.45, 7) is 0.443. The summed E-state index contributed by atoms with van der Waals surface area (Å²) in [6.07, 6.45) is 3.65. The molecule has 0 aliphatic carbocycles. The lowest BCUT2D eigenvalue weighted by Crippen LogP contribution is -2.39. The molecule has 0 fully saturated rings. The van der Waals surface area contributed by atoms with E-state index in [1.54, 1.807) is 37.5 Å². The largest absolute Gasteiger partial charge is 0.340 e. The van der Waals surface area contributed by atoms with Gasteiger partial charge in [-0.2, -0.15) is 0 Å². The molecule has 0 N–H and O–H groups in total. The second-order valence-electron chi connectivity index (χ2n) is 6.30. The second-order valence-corrected chi connectivity index (χ2v) is 6.30. The molecule has 130 valence electrons. The molecule has 6 nitrogen and oxygen atoms in total. The van der Waals surface area contributed by atoms with E-state index in [-0.39, 0.29) is 30.8 Å². The third-order valence-electron chi connectivity index (χ3n) is 4.64. The number of fused-ring (bicyclic) bond motifs is 2. The van der Waals surface area contributed by atoms with E-state index in [4.69, 9.17) is 0 Å². The van der Waals surface area contributed by atoms with E-state index < -0.39 is 0 Å². The van der Waals surface area contributed by atoms with Gasteiger partial charge in [-0.25, -0.2) is 0 Å². The Bertz CT molecular complexity index is 969. The zero-order valence-electron chi connectivity index (χ0n) is 14.3. The van der Waals surface area contributed by atoms with Crippen molar-refractivity contribution in [2.24, 2.45) is 0 Å². The standard InChI is InChI=1S/C20H17N3O3/c1-21(18(24)14-12-15-6-4-5-9-22(15)13-14)10-11-23-19(25)16-7-2-3-8-17(16)20(23)26/h2-9,12-13H,10-11H2,1H3. The maximum Gasteiger partial charge on any atom is 0.261 e. The van der Waals surface area contributed by atoms with E-state index in [1.807, 2.05) is 34.9 Å². The monoisotopic (exact) mass is 347 g/mol. The van der Waals surface area contributed by atoms with Crippen molar-refractivity contribution >= 4 is 23.2 Å². The van der Waals surface area contributed by atoms with Gasteiger partial charge in [-0.15, -0.1) is 0 Å². The predicted molar refractivity (Wildman–Crippen MR) is 96.2 cm³/mol. The molecule has 3 aromatic rings. The van der Waals surface area contributed by atoms with Gasteiger partial charge in [-0.1, -0.05) is 18.2 Å². The van der Waals surface area contributed by atoms with Crippen molar-refractivity contribution in [3.05, 3.63) is 77.6 Å². The number of amides is 3. The number of hydrogen-bond donors (Lipinski definition) is 0. The Morgan fingerprint density at radius 1 is 1.00 bits per heavy atom. The summed E-state index contributed by atoms with van der Waals surface area (Å²) in [5.41, 5.74) is 2.35. The van der Waals surface area contributed by atoms with Gasteiger partial charge in [0.2, 0.25) is 0 Å². The van der Waals surface area contributed by atoms with Gasteiger partial charge >= 0.3 is 0 Å². The fourth-order valence-electron chi connectivity index (χ4n) is 3.19. The number of benzene rings is 1. The molecule has 3 heterocycles. The zero-order valence-corrected chi connectivity index (χ0v) is 14.3. The zero-order chi connectivity index (χ0) is 18.3. The van der Waals surface area contributed by atoms with Crippen LogP contribution in [0.1, 0.15) is 31.1 Å².